The summed E-state index contributed by atoms with van der Waals surface area (Å²) in [6.45, 7) is 0.680. The number of aliphatic hydroxyl groups is 1. The second kappa shape index (κ2) is 6.82. The van der Waals surface area contributed by atoms with Gasteiger partial charge in [-0.3, -0.25) is 4.79 Å². The van der Waals surface area contributed by atoms with E-state index in [9.17, 15) is 18.3 Å². The first-order valence-electron chi connectivity index (χ1n) is 8.48. The molecule has 2 aliphatic rings. The quantitative estimate of drug-likeness (QED) is 0.895. The van der Waals surface area contributed by atoms with Gasteiger partial charge in [0.2, 0.25) is 15.9 Å². The van der Waals surface area contributed by atoms with Gasteiger partial charge < -0.3 is 10.0 Å². The Morgan fingerprint density at radius 3 is 2.38 bits per heavy atom. The Labute approximate surface area is 143 Å². The average molecular weight is 352 g/mol. The molecular weight excluding hydrogens is 328 g/mol. The fraction of sp³-hybridized carbons (Fsp3) is 0.588. The molecule has 0 bridgehead atoms. The molecule has 1 saturated heterocycles. The van der Waals surface area contributed by atoms with Crippen LogP contribution in [-0.4, -0.2) is 49.5 Å². The van der Waals surface area contributed by atoms with Crippen LogP contribution in [0.5, 0.6) is 0 Å². The minimum atomic E-state index is -3.66. The average Bonchev–Trinajstić information content (AvgIpc) is 3.01. The predicted octanol–water partition coefficient (Wildman–Crippen LogP) is 1.74. The van der Waals surface area contributed by atoms with Crippen LogP contribution in [0.2, 0.25) is 0 Å². The third-order valence-corrected chi connectivity index (χ3v) is 6.96. The molecule has 0 radical (unpaired) electrons. The van der Waals surface area contributed by atoms with Crippen molar-refractivity contribution in [1.82, 2.24) is 4.31 Å². The normalized spacial score (nSPS) is 25.5. The maximum atomic E-state index is 12.8. The highest BCUT2D eigenvalue weighted by atomic mass is 32.2. The van der Waals surface area contributed by atoms with Gasteiger partial charge in [0.05, 0.1) is 17.0 Å². The smallest absolute Gasteiger partial charge is 0.243 e. The molecule has 2 atom stereocenters. The van der Waals surface area contributed by atoms with E-state index in [0.29, 0.717) is 25.8 Å². The van der Waals surface area contributed by atoms with E-state index in [1.165, 1.54) is 11.4 Å². The Morgan fingerprint density at radius 1 is 1.12 bits per heavy atom. The zero-order valence-electron chi connectivity index (χ0n) is 13.9. The Kier molecular flexibility index (Phi) is 4.94. The predicted molar refractivity (Wildman–Crippen MR) is 91.2 cm³/mol. The van der Waals surface area contributed by atoms with Crippen LogP contribution in [-0.2, 0) is 14.8 Å². The van der Waals surface area contributed by atoms with E-state index in [2.05, 4.69) is 0 Å². The van der Waals surface area contributed by atoms with Gasteiger partial charge in [0.15, 0.2) is 0 Å². The number of nitrogens with zero attached hydrogens (tertiary/aromatic N) is 2. The second-order valence-electron chi connectivity index (χ2n) is 6.58. The molecular formula is C17H24N2O4S. The number of sulfonamides is 1. The molecule has 1 aliphatic carbocycles. The number of carbonyl (C=O) groups excluding carboxylic acids is 1. The molecule has 1 aromatic rings. The zero-order chi connectivity index (χ0) is 17.3. The van der Waals surface area contributed by atoms with Crippen LogP contribution in [0.1, 0.15) is 38.5 Å². The van der Waals surface area contributed by atoms with Crippen LogP contribution in [0.15, 0.2) is 29.2 Å². The fourth-order valence-corrected chi connectivity index (χ4v) is 4.99. The highest BCUT2D eigenvalue weighted by Gasteiger charge is 2.34. The number of anilines is 1. The molecule has 3 rings (SSSR count). The van der Waals surface area contributed by atoms with E-state index >= 15 is 0 Å². The summed E-state index contributed by atoms with van der Waals surface area (Å²) in [7, 11) is -2.12. The topological polar surface area (TPSA) is 77.9 Å². The molecule has 2 fully saturated rings. The minimum absolute atomic E-state index is 0.0769. The van der Waals surface area contributed by atoms with Gasteiger partial charge in [-0.05, 0) is 43.5 Å². The molecule has 1 aliphatic heterocycles. The van der Waals surface area contributed by atoms with E-state index in [0.717, 1.165) is 24.9 Å². The van der Waals surface area contributed by atoms with Crippen molar-refractivity contribution in [3.8, 4) is 0 Å². The Hall–Kier alpha value is -1.44. The summed E-state index contributed by atoms with van der Waals surface area (Å²) in [5.74, 6) is 0.0769. The summed E-state index contributed by atoms with van der Waals surface area (Å²) in [5.41, 5.74) is 0.733. The van der Waals surface area contributed by atoms with Crippen molar-refractivity contribution in [2.45, 2.75) is 55.6 Å². The number of hydrogen-bond donors (Lipinski definition) is 1. The van der Waals surface area contributed by atoms with Gasteiger partial charge in [0.1, 0.15) is 0 Å². The largest absolute Gasteiger partial charge is 0.391 e. The van der Waals surface area contributed by atoms with Crippen molar-refractivity contribution >= 4 is 21.6 Å². The van der Waals surface area contributed by atoms with E-state index in [4.69, 9.17) is 0 Å². The number of benzene rings is 1. The van der Waals surface area contributed by atoms with Crippen LogP contribution in [0.4, 0.5) is 5.69 Å². The van der Waals surface area contributed by atoms with Gasteiger partial charge in [0, 0.05) is 25.7 Å². The molecule has 6 nitrogen and oxygen atoms in total. The van der Waals surface area contributed by atoms with Gasteiger partial charge in [-0.2, -0.15) is 4.31 Å². The molecule has 24 heavy (non-hydrogen) atoms. The van der Waals surface area contributed by atoms with Crippen molar-refractivity contribution in [3.63, 3.8) is 0 Å². The number of rotatable bonds is 4. The summed E-state index contributed by atoms with van der Waals surface area (Å²) in [4.78, 5) is 13.7. The maximum absolute atomic E-state index is 12.8. The lowest BCUT2D eigenvalue weighted by Crippen LogP contribution is -2.46. The first-order valence-corrected chi connectivity index (χ1v) is 9.92. The van der Waals surface area contributed by atoms with Crippen molar-refractivity contribution in [3.05, 3.63) is 24.3 Å². The van der Waals surface area contributed by atoms with E-state index in [-0.39, 0.29) is 16.8 Å². The van der Waals surface area contributed by atoms with E-state index < -0.39 is 16.1 Å². The lowest BCUT2D eigenvalue weighted by molar-refractivity contribution is -0.117. The molecule has 1 saturated carbocycles. The summed E-state index contributed by atoms with van der Waals surface area (Å²) in [5, 5.41) is 10.1. The number of carbonyl (C=O) groups is 1. The lowest BCUT2D eigenvalue weighted by Gasteiger charge is -2.34. The first-order chi connectivity index (χ1) is 11.4. The third kappa shape index (κ3) is 3.20. The summed E-state index contributed by atoms with van der Waals surface area (Å²) in [6.07, 6.45) is 3.95. The molecule has 1 heterocycles. The van der Waals surface area contributed by atoms with Crippen LogP contribution in [0.25, 0.3) is 0 Å². The molecule has 0 unspecified atom stereocenters. The van der Waals surface area contributed by atoms with E-state index in [1.807, 2.05) is 0 Å². The Bertz CT molecular complexity index is 702. The number of amides is 1. The van der Waals surface area contributed by atoms with Crippen molar-refractivity contribution < 1.29 is 18.3 Å². The van der Waals surface area contributed by atoms with Crippen molar-refractivity contribution in [2.75, 3.05) is 18.5 Å². The Morgan fingerprint density at radius 2 is 1.79 bits per heavy atom. The molecule has 132 valence electrons. The maximum Gasteiger partial charge on any atom is 0.243 e. The fourth-order valence-electron chi connectivity index (χ4n) is 3.58. The Balaban J connectivity index is 1.80. The molecule has 1 amide bonds. The van der Waals surface area contributed by atoms with Gasteiger partial charge in [0.25, 0.3) is 0 Å². The first kappa shape index (κ1) is 17.4. The second-order valence-corrected chi connectivity index (χ2v) is 8.58. The van der Waals surface area contributed by atoms with Gasteiger partial charge in [-0.25, -0.2) is 8.42 Å². The lowest BCUT2D eigenvalue weighted by atomic mass is 9.93. The highest BCUT2D eigenvalue weighted by molar-refractivity contribution is 7.89. The molecule has 1 N–H and O–H groups in total. The molecule has 7 heteroatoms. The molecule has 0 aromatic heterocycles. The SMILES string of the molecule is CN([C@H]1CCCC[C@H]1O)S(=O)(=O)c1ccc(N2CCCC2=O)cc1. The number of hydrogen-bond acceptors (Lipinski definition) is 4. The number of aliphatic hydroxyl groups excluding tert-OH is 1. The van der Waals surface area contributed by atoms with Crippen molar-refractivity contribution in [2.24, 2.45) is 0 Å². The third-order valence-electron chi connectivity index (χ3n) is 5.06. The number of likely N-dealkylation sites (N-methyl/N-ethyl adjacent to an activating group) is 1. The van der Waals surface area contributed by atoms with Crippen LogP contribution < -0.4 is 4.90 Å². The highest BCUT2D eigenvalue weighted by Crippen LogP contribution is 2.28. The summed E-state index contributed by atoms with van der Waals surface area (Å²) in [6, 6.07) is 6.08. The van der Waals surface area contributed by atoms with Gasteiger partial charge in [-0.15, -0.1) is 0 Å². The van der Waals surface area contributed by atoms with Crippen LogP contribution in [0.3, 0.4) is 0 Å². The standard InChI is InChI=1S/C17H24N2O4S/c1-18(15-5-2-3-6-16(15)20)24(22,23)14-10-8-13(9-11-14)19-12-4-7-17(19)21/h8-11,15-16,20H,2-7,12H2,1H3/t15-,16+/m0/s1. The van der Waals surface area contributed by atoms with Gasteiger partial charge in [-0.1, -0.05) is 12.8 Å². The van der Waals surface area contributed by atoms with Gasteiger partial charge >= 0.3 is 0 Å². The van der Waals surface area contributed by atoms with E-state index in [1.54, 1.807) is 29.2 Å². The zero-order valence-corrected chi connectivity index (χ0v) is 14.7. The minimum Gasteiger partial charge on any atom is -0.391 e. The van der Waals surface area contributed by atoms with Crippen molar-refractivity contribution in [1.29, 1.82) is 0 Å². The molecule has 1 aromatic carbocycles. The van der Waals surface area contributed by atoms with Crippen LogP contribution >= 0.6 is 0 Å². The summed E-state index contributed by atoms with van der Waals surface area (Å²) < 4.78 is 26.9. The summed E-state index contributed by atoms with van der Waals surface area (Å²) >= 11 is 0. The molecule has 0 spiro atoms. The monoisotopic (exact) mass is 352 g/mol. The van der Waals surface area contributed by atoms with Crippen LogP contribution in [0, 0.1) is 0 Å².